The van der Waals surface area contributed by atoms with Gasteiger partial charge >= 0.3 is 18.0 Å². The summed E-state index contributed by atoms with van der Waals surface area (Å²) in [4.78, 5) is 0. The third kappa shape index (κ3) is 15.1. The molecule has 2 rings (SSSR count). The highest BCUT2D eigenvalue weighted by molar-refractivity contribution is 6.99. The second-order valence-electron chi connectivity index (χ2n) is 18.5. The van der Waals surface area contributed by atoms with Crippen LogP contribution >= 0.6 is 0 Å². The van der Waals surface area contributed by atoms with E-state index in [9.17, 15) is 30.7 Å². The largest absolute Gasteiger partial charge is 0.459 e. The normalized spacial score (nSPS) is 14.6. The minimum atomic E-state index is -6.36. The number of alkyl halides is 7. The van der Waals surface area contributed by atoms with Gasteiger partial charge in [-0.05, 0) is 58.2 Å². The molecule has 0 N–H and O–H groups in total. The number of unbranched alkanes of at least 4 members (excludes halogenated alkanes) is 11. The molecule has 0 aromatic heterocycles. The first kappa shape index (κ1) is 53.2. The van der Waals surface area contributed by atoms with Crippen LogP contribution in [0.15, 0.2) is 73.3 Å². The van der Waals surface area contributed by atoms with E-state index in [4.69, 9.17) is 8.85 Å². The van der Waals surface area contributed by atoms with Gasteiger partial charge in [-0.2, -0.15) is 30.7 Å². The van der Waals surface area contributed by atoms with Gasteiger partial charge in [0.2, 0.25) is 0 Å². The zero-order valence-electron chi connectivity index (χ0n) is 37.6. The summed E-state index contributed by atoms with van der Waals surface area (Å²) in [5, 5.41) is 2.07. The van der Waals surface area contributed by atoms with E-state index in [0.29, 0.717) is 19.3 Å². The molecule has 2 aromatic carbocycles. The van der Waals surface area contributed by atoms with Crippen molar-refractivity contribution in [2.24, 2.45) is 0 Å². The van der Waals surface area contributed by atoms with Crippen LogP contribution < -0.4 is 10.4 Å². The molecule has 0 amide bonds. The van der Waals surface area contributed by atoms with Crippen LogP contribution in [0.5, 0.6) is 0 Å². The molecule has 0 spiro atoms. The summed E-state index contributed by atoms with van der Waals surface area (Å²) in [6, 6.07) is 20.4. The fourth-order valence-electron chi connectivity index (χ4n) is 8.80. The maximum atomic E-state index is 14.8. The van der Waals surface area contributed by atoms with E-state index in [2.05, 4.69) is 82.8 Å². The van der Waals surface area contributed by atoms with Gasteiger partial charge in [0.1, 0.15) is 0 Å². The van der Waals surface area contributed by atoms with Crippen molar-refractivity contribution < 1.29 is 39.6 Å². The van der Waals surface area contributed by atoms with Crippen LogP contribution in [0.4, 0.5) is 30.7 Å². The van der Waals surface area contributed by atoms with E-state index in [1.807, 2.05) is 12.1 Å². The SMILES string of the molecule is C=CC[C@@H](CC[C@@H](CCCCCCCCCCCCCC)O[Si](c1ccccc1)(c1ccccc1)C(C)(C)C)O[Si](CCC(F)(F)C(F)(F)C(F)(F)F)(C(C)C)C(C)C. The zero-order valence-corrected chi connectivity index (χ0v) is 39.6. The van der Waals surface area contributed by atoms with Crippen molar-refractivity contribution in [2.45, 2.75) is 217 Å². The first-order chi connectivity index (χ1) is 27.6. The van der Waals surface area contributed by atoms with Crippen molar-refractivity contribution in [3.63, 3.8) is 0 Å². The summed E-state index contributed by atoms with van der Waals surface area (Å²) in [5.41, 5.74) is -0.648. The van der Waals surface area contributed by atoms with Gasteiger partial charge < -0.3 is 8.85 Å². The van der Waals surface area contributed by atoms with Gasteiger partial charge in [0.25, 0.3) is 8.32 Å². The van der Waals surface area contributed by atoms with Gasteiger partial charge in [-0.3, -0.25) is 0 Å². The zero-order chi connectivity index (χ0) is 44.4. The third-order valence-electron chi connectivity index (χ3n) is 12.4. The fourth-order valence-corrected chi connectivity index (χ4v) is 18.2. The number of hydrogen-bond acceptors (Lipinski definition) is 2. The second kappa shape index (κ2) is 24.6. The summed E-state index contributed by atoms with van der Waals surface area (Å²) in [6.45, 7) is 20.1. The average Bonchev–Trinajstić information content (AvgIpc) is 3.17. The van der Waals surface area contributed by atoms with Crippen LogP contribution in [0.2, 0.25) is 22.2 Å². The molecule has 11 heteroatoms. The van der Waals surface area contributed by atoms with Crippen molar-refractivity contribution in [3.05, 3.63) is 73.3 Å². The summed E-state index contributed by atoms with van der Waals surface area (Å²) in [5.74, 6) is -11.4. The highest BCUT2D eigenvalue weighted by Gasteiger charge is 2.72. The molecule has 0 unspecified atom stereocenters. The highest BCUT2D eigenvalue weighted by atomic mass is 28.4. The summed E-state index contributed by atoms with van der Waals surface area (Å²) in [7, 11) is -6.33. The highest BCUT2D eigenvalue weighted by Crippen LogP contribution is 2.51. The topological polar surface area (TPSA) is 18.5 Å². The molecule has 2 aromatic rings. The van der Waals surface area contributed by atoms with Crippen LogP contribution in [-0.4, -0.2) is 46.9 Å². The van der Waals surface area contributed by atoms with Gasteiger partial charge in [-0.25, -0.2) is 0 Å². The number of benzene rings is 2. The van der Waals surface area contributed by atoms with E-state index in [0.717, 1.165) is 25.7 Å². The van der Waals surface area contributed by atoms with Crippen molar-refractivity contribution in [3.8, 4) is 0 Å². The summed E-state index contributed by atoms with van der Waals surface area (Å²) >= 11 is 0. The van der Waals surface area contributed by atoms with Crippen LogP contribution in [0.25, 0.3) is 0 Å². The molecule has 2 atom stereocenters. The molecule has 0 bridgehead atoms. The Morgan fingerprint density at radius 1 is 0.593 bits per heavy atom. The Morgan fingerprint density at radius 2 is 1.02 bits per heavy atom. The second-order valence-corrected chi connectivity index (χ2v) is 27.7. The Balaban J connectivity index is 2.42. The average molecular weight is 875 g/mol. The first-order valence-electron chi connectivity index (χ1n) is 22.5. The van der Waals surface area contributed by atoms with E-state index in [-0.39, 0.29) is 22.2 Å². The van der Waals surface area contributed by atoms with Gasteiger partial charge in [0.15, 0.2) is 8.32 Å². The Kier molecular flexibility index (Phi) is 22.2. The van der Waals surface area contributed by atoms with Gasteiger partial charge in [0.05, 0.1) is 0 Å². The minimum Gasteiger partial charge on any atom is -0.413 e. The van der Waals surface area contributed by atoms with Gasteiger partial charge in [0, 0.05) is 18.6 Å². The fraction of sp³-hybridized carbons (Fsp3) is 0.708. The van der Waals surface area contributed by atoms with Crippen LogP contribution in [0.3, 0.4) is 0 Å². The lowest BCUT2D eigenvalue weighted by Gasteiger charge is -2.46. The monoisotopic (exact) mass is 875 g/mol. The number of hydrogen-bond donors (Lipinski definition) is 0. The van der Waals surface area contributed by atoms with E-state index >= 15 is 0 Å². The maximum absolute atomic E-state index is 14.8. The maximum Gasteiger partial charge on any atom is 0.459 e. The molecule has 2 nitrogen and oxygen atoms in total. The lowest BCUT2D eigenvalue weighted by Crippen LogP contribution is -2.67. The summed E-state index contributed by atoms with van der Waals surface area (Å²) < 4.78 is 112. The predicted octanol–water partition coefficient (Wildman–Crippen LogP) is 15.8. The standard InChI is InChI=1S/C48H77F7O2Si2/c1-10-12-13-14-15-16-17-18-19-20-21-24-30-42(57-59(45(7,8)9,43-31-25-22-26-32-43)44-33-27-23-28-34-44)36-35-41(29-11-2)56-58(39(3)4,40(5)6)38-37-46(49,50)47(51,52)48(53,54)55/h11,22-23,25-28,31-34,39-42H,2,10,12-21,24,29-30,35-38H2,1,3-9H3/t41-,42+/m0/s1. The van der Waals surface area contributed by atoms with Crippen LogP contribution in [0.1, 0.15) is 165 Å². The third-order valence-corrected chi connectivity index (χ3v) is 23.2. The molecule has 0 aliphatic carbocycles. The molecular weight excluding hydrogens is 798 g/mol. The molecular formula is C48H77F7O2Si2. The molecule has 0 saturated heterocycles. The molecule has 0 radical (unpaired) electrons. The molecule has 0 aliphatic heterocycles. The van der Waals surface area contributed by atoms with E-state index in [1.165, 1.54) is 68.2 Å². The van der Waals surface area contributed by atoms with Crippen molar-refractivity contribution in [1.29, 1.82) is 0 Å². The molecule has 59 heavy (non-hydrogen) atoms. The molecule has 0 fully saturated rings. The van der Waals surface area contributed by atoms with Gasteiger partial charge in [-0.15, -0.1) is 6.58 Å². The van der Waals surface area contributed by atoms with Crippen LogP contribution in [0, 0.1) is 0 Å². The quantitative estimate of drug-likeness (QED) is 0.0337. The summed E-state index contributed by atoms with van der Waals surface area (Å²) in [6.07, 6.45) is 10.1. The van der Waals surface area contributed by atoms with E-state index in [1.54, 1.807) is 33.8 Å². The Hall–Kier alpha value is -1.96. The molecule has 0 aliphatic rings. The van der Waals surface area contributed by atoms with Crippen molar-refractivity contribution >= 4 is 27.0 Å². The Morgan fingerprint density at radius 3 is 1.41 bits per heavy atom. The Bertz CT molecular complexity index is 1380. The molecule has 0 heterocycles. The lowest BCUT2D eigenvalue weighted by molar-refractivity contribution is -0.354. The Labute approximate surface area is 355 Å². The lowest BCUT2D eigenvalue weighted by atomic mass is 10.0. The molecule has 0 saturated carbocycles. The van der Waals surface area contributed by atoms with Gasteiger partial charge in [-0.1, -0.05) is 199 Å². The first-order valence-corrected chi connectivity index (χ1v) is 26.7. The number of rotatable bonds is 30. The minimum absolute atomic E-state index is 0.177. The number of halogens is 7. The smallest absolute Gasteiger partial charge is 0.413 e. The van der Waals surface area contributed by atoms with Crippen molar-refractivity contribution in [2.75, 3.05) is 0 Å². The molecule has 338 valence electrons. The van der Waals surface area contributed by atoms with Crippen LogP contribution in [-0.2, 0) is 8.85 Å². The predicted molar refractivity (Wildman–Crippen MR) is 238 cm³/mol. The van der Waals surface area contributed by atoms with E-state index < -0.39 is 53.2 Å². The van der Waals surface area contributed by atoms with Crippen molar-refractivity contribution in [1.82, 2.24) is 0 Å².